The van der Waals surface area contributed by atoms with Gasteiger partial charge in [-0.2, -0.15) is 0 Å². The molecule has 0 spiro atoms. The van der Waals surface area contributed by atoms with Gasteiger partial charge in [0.25, 0.3) is 0 Å². The van der Waals surface area contributed by atoms with E-state index in [1.165, 1.54) is 11.3 Å². The van der Waals surface area contributed by atoms with E-state index in [1.54, 1.807) is 0 Å². The zero-order chi connectivity index (χ0) is 8.23. The van der Waals surface area contributed by atoms with Gasteiger partial charge >= 0.3 is 0 Å². The molecule has 0 aliphatic carbocycles. The van der Waals surface area contributed by atoms with Gasteiger partial charge in [-0.3, -0.25) is 0 Å². The number of hydrogen-bond acceptors (Lipinski definition) is 3. The second-order valence-corrected chi connectivity index (χ2v) is 4.17. The summed E-state index contributed by atoms with van der Waals surface area (Å²) in [7, 11) is 0. The van der Waals surface area contributed by atoms with Crippen LogP contribution in [0.1, 0.15) is 4.88 Å². The number of hydrogen-bond donors (Lipinski definition) is 2. The molecular weight excluding hydrogens is 168 g/mol. The van der Waals surface area contributed by atoms with Crippen LogP contribution in [0, 0.1) is 0 Å². The second kappa shape index (κ2) is 4.03. The summed E-state index contributed by atoms with van der Waals surface area (Å²) in [5, 5.41) is 9.04. The summed E-state index contributed by atoms with van der Waals surface area (Å²) >= 11 is 1.85. The van der Waals surface area contributed by atoms with Crippen molar-refractivity contribution in [2.45, 2.75) is 12.5 Å². The maximum atomic E-state index is 3.50. The van der Waals surface area contributed by atoms with Crippen molar-refractivity contribution in [2.24, 2.45) is 0 Å². The lowest BCUT2D eigenvalue weighted by molar-refractivity contribution is 0.418. The quantitative estimate of drug-likeness (QED) is 0.708. The van der Waals surface area contributed by atoms with E-state index in [2.05, 4.69) is 28.1 Å². The van der Waals surface area contributed by atoms with Crippen LogP contribution in [0.2, 0.25) is 0 Å². The summed E-state index contributed by atoms with van der Waals surface area (Å²) in [4.78, 5) is 1.48. The molecule has 1 aliphatic heterocycles. The Morgan fingerprint density at radius 1 is 1.50 bits per heavy atom. The molecule has 0 radical (unpaired) electrons. The van der Waals surface area contributed by atoms with Crippen molar-refractivity contribution >= 4 is 11.3 Å². The lowest BCUT2D eigenvalue weighted by Gasteiger charge is -2.23. The third kappa shape index (κ3) is 2.06. The average Bonchev–Trinajstić information content (AvgIpc) is 2.59. The Labute approximate surface area is 77.0 Å². The van der Waals surface area contributed by atoms with E-state index in [0.29, 0.717) is 6.04 Å². The second-order valence-electron chi connectivity index (χ2n) is 3.14. The van der Waals surface area contributed by atoms with Crippen LogP contribution in [0.15, 0.2) is 17.5 Å². The third-order valence-corrected chi connectivity index (χ3v) is 3.05. The summed E-state index contributed by atoms with van der Waals surface area (Å²) in [6.07, 6.45) is 1.17. The molecule has 1 aromatic heterocycles. The van der Waals surface area contributed by atoms with E-state index in [9.17, 15) is 0 Å². The molecule has 2 nitrogen and oxygen atoms in total. The molecule has 0 aromatic carbocycles. The first-order valence-corrected chi connectivity index (χ1v) is 5.29. The Balaban J connectivity index is 1.86. The molecule has 0 bridgehead atoms. The Morgan fingerprint density at radius 2 is 2.50 bits per heavy atom. The topological polar surface area (TPSA) is 24.1 Å². The van der Waals surface area contributed by atoms with Crippen molar-refractivity contribution in [1.82, 2.24) is 10.6 Å². The zero-order valence-electron chi connectivity index (χ0n) is 7.05. The van der Waals surface area contributed by atoms with Crippen LogP contribution in [0.3, 0.4) is 0 Å². The van der Waals surface area contributed by atoms with Crippen LogP contribution < -0.4 is 10.6 Å². The van der Waals surface area contributed by atoms with Crippen LogP contribution in [-0.4, -0.2) is 25.7 Å². The molecule has 1 aliphatic rings. The zero-order valence-corrected chi connectivity index (χ0v) is 7.86. The lowest BCUT2D eigenvalue weighted by atomic mass is 10.1. The molecule has 2 N–H and O–H groups in total. The predicted molar refractivity (Wildman–Crippen MR) is 52.7 cm³/mol. The van der Waals surface area contributed by atoms with E-state index in [4.69, 9.17) is 0 Å². The Bertz CT molecular complexity index is 214. The maximum Gasteiger partial charge on any atom is 0.0241 e. The SMILES string of the molecule is c1csc(C[C@@H]2CNCCN2)c1. The Hall–Kier alpha value is -0.380. The van der Waals surface area contributed by atoms with Crippen molar-refractivity contribution in [1.29, 1.82) is 0 Å². The third-order valence-electron chi connectivity index (χ3n) is 2.15. The van der Waals surface area contributed by atoms with Gasteiger partial charge < -0.3 is 10.6 Å². The van der Waals surface area contributed by atoms with Crippen molar-refractivity contribution in [2.75, 3.05) is 19.6 Å². The summed E-state index contributed by atoms with van der Waals surface area (Å²) in [5.74, 6) is 0. The number of thiophene rings is 1. The molecule has 2 heterocycles. The molecule has 3 heteroatoms. The van der Waals surface area contributed by atoms with Gasteiger partial charge in [0.1, 0.15) is 0 Å². The monoisotopic (exact) mass is 182 g/mol. The predicted octanol–water partition coefficient (Wildman–Crippen LogP) is 0.852. The van der Waals surface area contributed by atoms with Gasteiger partial charge in [-0.1, -0.05) is 6.07 Å². The van der Waals surface area contributed by atoms with Crippen molar-refractivity contribution in [3.05, 3.63) is 22.4 Å². The molecule has 1 atom stereocenters. The van der Waals surface area contributed by atoms with Gasteiger partial charge in [-0.25, -0.2) is 0 Å². The molecule has 12 heavy (non-hydrogen) atoms. The highest BCUT2D eigenvalue weighted by molar-refractivity contribution is 7.09. The van der Waals surface area contributed by atoms with Gasteiger partial charge in [-0.15, -0.1) is 11.3 Å². The van der Waals surface area contributed by atoms with Crippen molar-refractivity contribution in [3.63, 3.8) is 0 Å². The molecule has 1 fully saturated rings. The van der Waals surface area contributed by atoms with E-state index in [1.807, 2.05) is 11.3 Å². The fourth-order valence-electron chi connectivity index (χ4n) is 1.53. The minimum absolute atomic E-state index is 0.636. The van der Waals surface area contributed by atoms with E-state index < -0.39 is 0 Å². The molecule has 1 saturated heterocycles. The van der Waals surface area contributed by atoms with E-state index >= 15 is 0 Å². The molecular formula is C9H14N2S. The largest absolute Gasteiger partial charge is 0.314 e. The van der Waals surface area contributed by atoms with Gasteiger partial charge in [0.05, 0.1) is 0 Å². The smallest absolute Gasteiger partial charge is 0.0241 e. The maximum absolute atomic E-state index is 3.50. The summed E-state index contributed by atoms with van der Waals surface area (Å²) in [5.41, 5.74) is 0. The van der Waals surface area contributed by atoms with Gasteiger partial charge in [-0.05, 0) is 17.9 Å². The van der Waals surface area contributed by atoms with Crippen LogP contribution in [0.4, 0.5) is 0 Å². The van der Waals surface area contributed by atoms with Crippen molar-refractivity contribution < 1.29 is 0 Å². The normalized spacial score (nSPS) is 24.2. The molecule has 2 rings (SSSR count). The lowest BCUT2D eigenvalue weighted by Crippen LogP contribution is -2.49. The summed E-state index contributed by atoms with van der Waals surface area (Å²) in [6.45, 7) is 3.33. The summed E-state index contributed by atoms with van der Waals surface area (Å²) < 4.78 is 0. The van der Waals surface area contributed by atoms with Crippen molar-refractivity contribution in [3.8, 4) is 0 Å². The van der Waals surface area contributed by atoms with E-state index in [-0.39, 0.29) is 0 Å². The van der Waals surface area contributed by atoms with Crippen LogP contribution in [0.5, 0.6) is 0 Å². The fraction of sp³-hybridized carbons (Fsp3) is 0.556. The molecule has 0 saturated carbocycles. The Kier molecular flexibility index (Phi) is 2.76. The number of nitrogens with one attached hydrogen (secondary N) is 2. The first kappa shape index (κ1) is 8.23. The standard InChI is InChI=1S/C9H14N2S/c1-2-9(12-5-1)6-8-7-10-3-4-11-8/h1-2,5,8,10-11H,3-4,6-7H2/t8-/m1/s1. The van der Waals surface area contributed by atoms with Crippen LogP contribution >= 0.6 is 11.3 Å². The first-order chi connectivity index (χ1) is 5.95. The van der Waals surface area contributed by atoms with Gasteiger partial charge in [0.2, 0.25) is 0 Å². The molecule has 66 valence electrons. The number of rotatable bonds is 2. The molecule has 1 aromatic rings. The van der Waals surface area contributed by atoms with Gasteiger partial charge in [0, 0.05) is 30.6 Å². The Morgan fingerprint density at radius 3 is 3.17 bits per heavy atom. The highest BCUT2D eigenvalue weighted by Gasteiger charge is 2.12. The van der Waals surface area contributed by atoms with Gasteiger partial charge in [0.15, 0.2) is 0 Å². The minimum Gasteiger partial charge on any atom is -0.314 e. The first-order valence-electron chi connectivity index (χ1n) is 4.41. The van der Waals surface area contributed by atoms with Crippen LogP contribution in [-0.2, 0) is 6.42 Å². The fourth-order valence-corrected chi connectivity index (χ4v) is 2.32. The number of piperazine rings is 1. The highest BCUT2D eigenvalue weighted by Crippen LogP contribution is 2.11. The molecule has 0 unspecified atom stereocenters. The average molecular weight is 182 g/mol. The summed E-state index contributed by atoms with van der Waals surface area (Å²) in [6, 6.07) is 4.97. The minimum atomic E-state index is 0.636. The molecule has 0 amide bonds. The van der Waals surface area contributed by atoms with E-state index in [0.717, 1.165) is 19.6 Å². The highest BCUT2D eigenvalue weighted by atomic mass is 32.1. The van der Waals surface area contributed by atoms with Crippen LogP contribution in [0.25, 0.3) is 0 Å².